The number of methoxy groups -OCH3 is 1. The zero-order valence-electron chi connectivity index (χ0n) is 16.9. The van der Waals surface area contributed by atoms with Crippen LogP contribution >= 0.6 is 0 Å². The molecule has 1 unspecified atom stereocenters. The molecule has 29 heavy (non-hydrogen) atoms. The smallest absolute Gasteiger partial charge is 0.411 e. The van der Waals surface area contributed by atoms with Crippen LogP contribution in [0.15, 0.2) is 48.5 Å². The summed E-state index contributed by atoms with van der Waals surface area (Å²) in [5.74, 6) is 0.531. The summed E-state index contributed by atoms with van der Waals surface area (Å²) in [6.45, 7) is 2.26. The van der Waals surface area contributed by atoms with Gasteiger partial charge < -0.3 is 14.4 Å². The molecule has 1 atom stereocenters. The molecule has 0 N–H and O–H groups in total. The van der Waals surface area contributed by atoms with E-state index in [9.17, 15) is 9.18 Å². The molecule has 0 radical (unpaired) electrons. The van der Waals surface area contributed by atoms with Gasteiger partial charge in [0, 0.05) is 32.5 Å². The van der Waals surface area contributed by atoms with Crippen molar-refractivity contribution in [1.29, 1.82) is 0 Å². The zero-order chi connectivity index (χ0) is 20.4. The van der Waals surface area contributed by atoms with Crippen LogP contribution < -0.4 is 4.74 Å². The Balaban J connectivity index is 1.61. The number of halogens is 1. The highest BCUT2D eigenvalue weighted by molar-refractivity contribution is 5.72. The fraction of sp³-hybridized carbons (Fsp3) is 0.435. The third-order valence-electron chi connectivity index (χ3n) is 6.20. The number of carbonyl (C=O) groups excluding carboxylic acids is 1. The van der Waals surface area contributed by atoms with Crippen LogP contribution in [0.4, 0.5) is 9.18 Å². The molecule has 2 fully saturated rings. The molecule has 2 aliphatic rings. The minimum atomic E-state index is -0.496. The molecule has 1 amide bonds. The quantitative estimate of drug-likeness (QED) is 0.767. The summed E-state index contributed by atoms with van der Waals surface area (Å²) in [4.78, 5) is 17.0. The average molecular weight is 398 g/mol. The third kappa shape index (κ3) is 4.08. The van der Waals surface area contributed by atoms with Crippen molar-refractivity contribution in [3.05, 3.63) is 65.5 Å². The van der Waals surface area contributed by atoms with Crippen molar-refractivity contribution >= 4 is 6.09 Å². The molecule has 0 aliphatic carbocycles. The Labute approximate surface area is 171 Å². The van der Waals surface area contributed by atoms with Crippen molar-refractivity contribution in [3.63, 3.8) is 0 Å². The van der Waals surface area contributed by atoms with Gasteiger partial charge in [0.25, 0.3) is 0 Å². The van der Waals surface area contributed by atoms with Gasteiger partial charge in [0.1, 0.15) is 17.2 Å². The zero-order valence-corrected chi connectivity index (χ0v) is 16.9. The van der Waals surface area contributed by atoms with Gasteiger partial charge in [-0.25, -0.2) is 9.18 Å². The molecule has 0 saturated carbocycles. The van der Waals surface area contributed by atoms with Crippen LogP contribution in [0, 0.1) is 5.82 Å². The first-order valence-electron chi connectivity index (χ1n) is 10.0. The number of hydrogen-bond acceptors (Lipinski definition) is 4. The Kier molecular flexibility index (Phi) is 5.46. The maximum atomic E-state index is 13.4. The van der Waals surface area contributed by atoms with E-state index in [2.05, 4.69) is 11.9 Å². The highest BCUT2D eigenvalue weighted by Gasteiger charge is 2.54. The summed E-state index contributed by atoms with van der Waals surface area (Å²) in [7, 11) is 3.73. The third-order valence-corrected chi connectivity index (χ3v) is 6.20. The number of amides is 1. The number of hydrogen-bond donors (Lipinski definition) is 0. The Bertz CT molecular complexity index is 845. The van der Waals surface area contributed by atoms with Gasteiger partial charge in [-0.3, -0.25) is 4.90 Å². The van der Waals surface area contributed by atoms with Crippen molar-refractivity contribution in [1.82, 2.24) is 9.80 Å². The fourth-order valence-electron chi connectivity index (χ4n) is 4.39. The number of nitrogens with zero attached hydrogens (tertiary/aromatic N) is 2. The summed E-state index contributed by atoms with van der Waals surface area (Å²) >= 11 is 0. The summed E-state index contributed by atoms with van der Waals surface area (Å²) in [5, 5.41) is 0. The maximum Gasteiger partial charge on any atom is 0.411 e. The molecular formula is C23H27FN2O3. The normalized spacial score (nSPS) is 21.4. The van der Waals surface area contributed by atoms with E-state index in [0.29, 0.717) is 13.0 Å². The molecule has 4 rings (SSSR count). The molecule has 0 aromatic heterocycles. The van der Waals surface area contributed by atoms with E-state index in [-0.39, 0.29) is 18.0 Å². The van der Waals surface area contributed by atoms with Crippen LogP contribution in [0.25, 0.3) is 0 Å². The monoisotopic (exact) mass is 398 g/mol. The standard InChI is InChI=1S/C23H27FN2O3/c1-25-13-11-23(12-14-25)21(15-17-3-7-19(24)8-4-17)26(22(27)29-23)16-18-5-9-20(28-2)10-6-18/h3-10,21H,11-16H2,1-2H3. The predicted molar refractivity (Wildman–Crippen MR) is 108 cm³/mol. The first-order chi connectivity index (χ1) is 14.0. The second-order valence-electron chi connectivity index (χ2n) is 8.06. The second-order valence-corrected chi connectivity index (χ2v) is 8.06. The first-order valence-corrected chi connectivity index (χ1v) is 10.0. The number of benzene rings is 2. The van der Waals surface area contributed by atoms with Crippen molar-refractivity contribution in [3.8, 4) is 5.75 Å². The second kappa shape index (κ2) is 8.03. The van der Waals surface area contributed by atoms with Gasteiger partial charge in [0.15, 0.2) is 0 Å². The molecule has 5 nitrogen and oxygen atoms in total. The van der Waals surface area contributed by atoms with Crippen LogP contribution in [0.5, 0.6) is 5.75 Å². The summed E-state index contributed by atoms with van der Waals surface area (Å²) in [6.07, 6.45) is 1.99. The van der Waals surface area contributed by atoms with Gasteiger partial charge in [-0.1, -0.05) is 24.3 Å². The molecule has 1 spiro atoms. The van der Waals surface area contributed by atoms with Gasteiger partial charge in [-0.05, 0) is 48.9 Å². The lowest BCUT2D eigenvalue weighted by Crippen LogP contribution is -2.52. The highest BCUT2D eigenvalue weighted by Crippen LogP contribution is 2.40. The van der Waals surface area contributed by atoms with E-state index in [1.807, 2.05) is 29.2 Å². The molecule has 2 saturated heterocycles. The number of ether oxygens (including phenoxy) is 2. The Morgan fingerprint density at radius 1 is 1.07 bits per heavy atom. The predicted octanol–water partition coefficient (Wildman–Crippen LogP) is 3.86. The summed E-state index contributed by atoms with van der Waals surface area (Å²) < 4.78 is 24.6. The van der Waals surface area contributed by atoms with E-state index in [0.717, 1.165) is 42.8 Å². The lowest BCUT2D eigenvalue weighted by Gasteiger charge is -2.40. The van der Waals surface area contributed by atoms with Gasteiger partial charge in [-0.15, -0.1) is 0 Å². The van der Waals surface area contributed by atoms with E-state index < -0.39 is 5.60 Å². The van der Waals surface area contributed by atoms with Crippen molar-refractivity contribution in [2.45, 2.75) is 37.5 Å². The van der Waals surface area contributed by atoms with E-state index >= 15 is 0 Å². The lowest BCUT2D eigenvalue weighted by atomic mass is 9.81. The molecule has 2 aromatic carbocycles. The Morgan fingerprint density at radius 2 is 1.69 bits per heavy atom. The molecule has 2 aromatic rings. The number of rotatable bonds is 5. The first kappa shape index (κ1) is 19.7. The van der Waals surface area contributed by atoms with Crippen LogP contribution in [0.1, 0.15) is 24.0 Å². The van der Waals surface area contributed by atoms with E-state index in [1.54, 1.807) is 19.2 Å². The minimum Gasteiger partial charge on any atom is -0.497 e. The number of piperidine rings is 1. The largest absolute Gasteiger partial charge is 0.497 e. The van der Waals surface area contributed by atoms with Crippen molar-refractivity contribution in [2.24, 2.45) is 0 Å². The van der Waals surface area contributed by atoms with Gasteiger partial charge in [0.2, 0.25) is 0 Å². The Hall–Kier alpha value is -2.60. The Morgan fingerprint density at radius 3 is 2.31 bits per heavy atom. The van der Waals surface area contributed by atoms with Crippen molar-refractivity contribution in [2.75, 3.05) is 27.2 Å². The molecule has 6 heteroatoms. The molecule has 0 bridgehead atoms. The maximum absolute atomic E-state index is 13.4. The molecule has 154 valence electrons. The topological polar surface area (TPSA) is 42.0 Å². The summed E-state index contributed by atoms with van der Waals surface area (Å²) in [6, 6.07) is 14.2. The molecular weight excluding hydrogens is 371 g/mol. The fourth-order valence-corrected chi connectivity index (χ4v) is 4.39. The number of carbonyl (C=O) groups is 1. The van der Waals surface area contributed by atoms with Crippen LogP contribution in [0.3, 0.4) is 0 Å². The van der Waals surface area contributed by atoms with Gasteiger partial charge in [0.05, 0.1) is 13.2 Å². The minimum absolute atomic E-state index is 0.0868. The number of likely N-dealkylation sites (tertiary alicyclic amines) is 1. The highest BCUT2D eigenvalue weighted by atomic mass is 19.1. The average Bonchev–Trinajstić information content (AvgIpc) is 2.97. The van der Waals surface area contributed by atoms with Crippen LogP contribution in [-0.4, -0.2) is 54.8 Å². The van der Waals surface area contributed by atoms with Gasteiger partial charge >= 0.3 is 6.09 Å². The summed E-state index contributed by atoms with van der Waals surface area (Å²) in [5.41, 5.74) is 1.54. The SMILES string of the molecule is COc1ccc(CN2C(=O)OC3(CCN(C)CC3)C2Cc2ccc(F)cc2)cc1. The van der Waals surface area contributed by atoms with Crippen molar-refractivity contribution < 1.29 is 18.7 Å². The van der Waals surface area contributed by atoms with E-state index in [1.165, 1.54) is 12.1 Å². The van der Waals surface area contributed by atoms with Crippen LogP contribution in [-0.2, 0) is 17.7 Å². The van der Waals surface area contributed by atoms with E-state index in [4.69, 9.17) is 9.47 Å². The lowest BCUT2D eigenvalue weighted by molar-refractivity contribution is -0.0165. The van der Waals surface area contributed by atoms with Gasteiger partial charge in [-0.2, -0.15) is 0 Å². The molecule has 2 heterocycles. The van der Waals surface area contributed by atoms with Crippen LogP contribution in [0.2, 0.25) is 0 Å². The molecule has 2 aliphatic heterocycles.